The SMILES string of the molecule is COc1cccc(N(CC(=O)N/N=C\c2ccc(OCc3cccc(Cl)c3)cc2)S(=O)(=O)c2ccccc2)c1. The summed E-state index contributed by atoms with van der Waals surface area (Å²) in [5, 5.41) is 4.63. The predicted molar refractivity (Wildman–Crippen MR) is 152 cm³/mol. The maximum absolute atomic E-state index is 13.4. The molecule has 10 heteroatoms. The van der Waals surface area contributed by atoms with Gasteiger partial charge in [0.05, 0.1) is 23.9 Å². The second-order valence-corrected chi connectivity index (χ2v) is 10.6. The number of sulfonamides is 1. The third kappa shape index (κ3) is 7.59. The van der Waals surface area contributed by atoms with E-state index >= 15 is 0 Å². The number of hydrogen-bond donors (Lipinski definition) is 1. The highest BCUT2D eigenvalue weighted by Gasteiger charge is 2.27. The molecule has 0 saturated carbocycles. The number of hydrogen-bond acceptors (Lipinski definition) is 6. The van der Waals surface area contributed by atoms with Crippen molar-refractivity contribution in [3.05, 3.63) is 119 Å². The Morgan fingerprint density at radius 3 is 2.38 bits per heavy atom. The van der Waals surface area contributed by atoms with Crippen LogP contribution in [0.3, 0.4) is 0 Å². The summed E-state index contributed by atoms with van der Waals surface area (Å²) in [5.41, 5.74) is 4.35. The summed E-state index contributed by atoms with van der Waals surface area (Å²) in [5.74, 6) is 0.505. The molecule has 0 aliphatic heterocycles. The Balaban J connectivity index is 1.41. The lowest BCUT2D eigenvalue weighted by Gasteiger charge is -2.24. The Labute approximate surface area is 232 Å². The number of benzene rings is 4. The fraction of sp³-hybridized carbons (Fsp3) is 0.103. The minimum absolute atomic E-state index is 0.0572. The van der Waals surface area contributed by atoms with E-state index in [0.717, 1.165) is 9.87 Å². The van der Waals surface area contributed by atoms with Gasteiger partial charge in [0.25, 0.3) is 15.9 Å². The average Bonchev–Trinajstić information content (AvgIpc) is 2.96. The van der Waals surface area contributed by atoms with Gasteiger partial charge in [-0.05, 0) is 71.8 Å². The molecule has 0 unspecified atom stereocenters. The zero-order valence-corrected chi connectivity index (χ0v) is 22.6. The number of ether oxygens (including phenoxy) is 2. The van der Waals surface area contributed by atoms with Gasteiger partial charge in [0.15, 0.2) is 0 Å². The van der Waals surface area contributed by atoms with Gasteiger partial charge in [-0.15, -0.1) is 0 Å². The number of methoxy groups -OCH3 is 1. The van der Waals surface area contributed by atoms with Crippen LogP contribution in [0, 0.1) is 0 Å². The Hall–Kier alpha value is -4.34. The molecule has 1 amide bonds. The summed E-state index contributed by atoms with van der Waals surface area (Å²) < 4.78 is 38.8. The van der Waals surface area contributed by atoms with E-state index in [-0.39, 0.29) is 10.6 Å². The van der Waals surface area contributed by atoms with Crippen LogP contribution in [0.25, 0.3) is 0 Å². The number of carbonyl (C=O) groups excluding carboxylic acids is 1. The topological polar surface area (TPSA) is 97.3 Å². The summed E-state index contributed by atoms with van der Waals surface area (Å²) in [4.78, 5) is 12.8. The molecular weight excluding hydrogens is 538 g/mol. The summed E-state index contributed by atoms with van der Waals surface area (Å²) in [7, 11) is -2.56. The highest BCUT2D eigenvalue weighted by Crippen LogP contribution is 2.26. The highest BCUT2D eigenvalue weighted by atomic mass is 35.5. The third-order valence-electron chi connectivity index (χ3n) is 5.54. The number of halogens is 1. The smallest absolute Gasteiger partial charge is 0.264 e. The summed E-state index contributed by atoms with van der Waals surface area (Å²) >= 11 is 6.00. The van der Waals surface area contributed by atoms with E-state index in [1.807, 2.05) is 18.2 Å². The normalized spacial score (nSPS) is 11.2. The Kier molecular flexibility index (Phi) is 9.19. The zero-order chi connectivity index (χ0) is 27.7. The molecule has 39 heavy (non-hydrogen) atoms. The number of anilines is 1. The van der Waals surface area contributed by atoms with E-state index < -0.39 is 22.5 Å². The van der Waals surface area contributed by atoms with Crippen LogP contribution in [0.4, 0.5) is 5.69 Å². The summed E-state index contributed by atoms with van der Waals surface area (Å²) in [6, 6.07) is 28.9. The molecule has 0 fully saturated rings. The van der Waals surface area contributed by atoms with Crippen LogP contribution < -0.4 is 19.2 Å². The summed E-state index contributed by atoms with van der Waals surface area (Å²) in [6.07, 6.45) is 1.46. The highest BCUT2D eigenvalue weighted by molar-refractivity contribution is 7.92. The Morgan fingerprint density at radius 1 is 0.923 bits per heavy atom. The molecule has 1 N–H and O–H groups in total. The first kappa shape index (κ1) is 27.7. The number of hydrazone groups is 1. The van der Waals surface area contributed by atoms with Crippen molar-refractivity contribution in [2.75, 3.05) is 18.0 Å². The third-order valence-corrected chi connectivity index (χ3v) is 7.56. The largest absolute Gasteiger partial charge is 0.497 e. The second kappa shape index (κ2) is 12.9. The average molecular weight is 564 g/mol. The van der Waals surface area contributed by atoms with Crippen molar-refractivity contribution in [3.8, 4) is 11.5 Å². The molecule has 0 spiro atoms. The molecule has 0 aliphatic carbocycles. The molecule has 0 bridgehead atoms. The molecule has 0 radical (unpaired) electrons. The van der Waals surface area contributed by atoms with Crippen molar-refractivity contribution in [1.82, 2.24) is 5.43 Å². The van der Waals surface area contributed by atoms with Gasteiger partial charge in [-0.3, -0.25) is 9.10 Å². The van der Waals surface area contributed by atoms with Crippen LogP contribution in [-0.2, 0) is 21.4 Å². The monoisotopic (exact) mass is 563 g/mol. The minimum Gasteiger partial charge on any atom is -0.497 e. The summed E-state index contributed by atoms with van der Waals surface area (Å²) in [6.45, 7) is -0.113. The molecular formula is C29H26ClN3O5S. The minimum atomic E-state index is -4.04. The number of amides is 1. The quantitative estimate of drug-likeness (QED) is 0.198. The van der Waals surface area contributed by atoms with Gasteiger partial charge in [0.2, 0.25) is 0 Å². The van der Waals surface area contributed by atoms with Crippen LogP contribution in [0.1, 0.15) is 11.1 Å². The van der Waals surface area contributed by atoms with Crippen molar-refractivity contribution in [1.29, 1.82) is 0 Å². The van der Waals surface area contributed by atoms with Crippen LogP contribution >= 0.6 is 11.6 Å². The van der Waals surface area contributed by atoms with Crippen molar-refractivity contribution in [3.63, 3.8) is 0 Å². The van der Waals surface area contributed by atoms with Crippen LogP contribution in [0.2, 0.25) is 5.02 Å². The van der Waals surface area contributed by atoms with E-state index in [2.05, 4.69) is 10.5 Å². The maximum atomic E-state index is 13.4. The van der Waals surface area contributed by atoms with Gasteiger partial charge in [-0.2, -0.15) is 5.10 Å². The van der Waals surface area contributed by atoms with Gasteiger partial charge >= 0.3 is 0 Å². The van der Waals surface area contributed by atoms with Crippen molar-refractivity contribution < 1.29 is 22.7 Å². The molecule has 0 atom stereocenters. The van der Waals surface area contributed by atoms with Gasteiger partial charge in [0.1, 0.15) is 24.7 Å². The predicted octanol–water partition coefficient (Wildman–Crippen LogP) is 5.27. The van der Waals surface area contributed by atoms with Crippen molar-refractivity contribution in [2.24, 2.45) is 5.10 Å². The molecule has 0 heterocycles. The van der Waals surface area contributed by atoms with Crippen molar-refractivity contribution in [2.45, 2.75) is 11.5 Å². The van der Waals surface area contributed by atoms with Gasteiger partial charge in [-0.1, -0.05) is 48.0 Å². The van der Waals surface area contributed by atoms with Crippen molar-refractivity contribution >= 4 is 39.4 Å². The van der Waals surface area contributed by atoms with Gasteiger partial charge < -0.3 is 9.47 Å². The Bertz CT molecular complexity index is 1540. The lowest BCUT2D eigenvalue weighted by Crippen LogP contribution is -2.39. The van der Waals surface area contributed by atoms with E-state index in [1.54, 1.807) is 72.8 Å². The first-order valence-corrected chi connectivity index (χ1v) is 13.7. The fourth-order valence-electron chi connectivity index (χ4n) is 3.59. The number of nitrogens with one attached hydrogen (secondary N) is 1. The molecule has 8 nitrogen and oxygen atoms in total. The molecule has 4 rings (SSSR count). The maximum Gasteiger partial charge on any atom is 0.264 e. The molecule has 0 saturated heterocycles. The van der Waals surface area contributed by atoms with Crippen LogP contribution in [0.5, 0.6) is 11.5 Å². The zero-order valence-electron chi connectivity index (χ0n) is 21.0. The first-order valence-electron chi connectivity index (χ1n) is 11.9. The van der Waals surface area contributed by atoms with Gasteiger partial charge in [-0.25, -0.2) is 13.8 Å². The van der Waals surface area contributed by atoms with Gasteiger partial charge in [0, 0.05) is 11.1 Å². The van der Waals surface area contributed by atoms with Crippen LogP contribution in [0.15, 0.2) is 113 Å². The van der Waals surface area contributed by atoms with E-state index in [1.165, 1.54) is 25.5 Å². The molecule has 200 valence electrons. The standard InChI is InChI=1S/C29H26ClN3O5S/c1-37-27-10-6-9-25(18-27)33(39(35,36)28-11-3-2-4-12-28)20-29(34)32-31-19-22-13-15-26(16-14-22)38-21-23-7-5-8-24(30)17-23/h2-19H,20-21H2,1H3,(H,32,34)/b31-19-. The lowest BCUT2D eigenvalue weighted by atomic mass is 10.2. The van der Waals surface area contributed by atoms with E-state index in [4.69, 9.17) is 21.1 Å². The lowest BCUT2D eigenvalue weighted by molar-refractivity contribution is -0.119. The molecule has 0 aliphatic rings. The molecule has 0 aromatic heterocycles. The van der Waals surface area contributed by atoms with E-state index in [0.29, 0.717) is 28.7 Å². The number of rotatable bonds is 11. The molecule has 4 aromatic carbocycles. The van der Waals surface area contributed by atoms with Crippen LogP contribution in [-0.4, -0.2) is 34.2 Å². The fourth-order valence-corrected chi connectivity index (χ4v) is 5.24. The number of nitrogens with zero attached hydrogens (tertiary/aromatic N) is 2. The number of carbonyl (C=O) groups is 1. The van der Waals surface area contributed by atoms with E-state index in [9.17, 15) is 13.2 Å². The first-order chi connectivity index (χ1) is 18.8. The molecule has 4 aromatic rings. The Morgan fingerprint density at radius 2 is 1.67 bits per heavy atom. The second-order valence-electron chi connectivity index (χ2n) is 8.31.